The maximum Gasteiger partial charge on any atom is 0.416 e. The van der Waals surface area contributed by atoms with Gasteiger partial charge in [0.15, 0.2) is 0 Å². The molecular weight excluding hydrogens is 467 g/mol. The van der Waals surface area contributed by atoms with Crippen molar-refractivity contribution in [1.29, 1.82) is 0 Å². The van der Waals surface area contributed by atoms with Gasteiger partial charge in [-0.05, 0) is 54.8 Å². The lowest BCUT2D eigenvalue weighted by molar-refractivity contribution is -0.137. The Morgan fingerprint density at radius 2 is 1.69 bits per heavy atom. The Hall–Kier alpha value is -3.91. The third-order valence-corrected chi connectivity index (χ3v) is 5.76. The van der Waals surface area contributed by atoms with E-state index in [1.165, 1.54) is 17.9 Å². The summed E-state index contributed by atoms with van der Waals surface area (Å²) in [6.45, 7) is 4.14. The quantitative estimate of drug-likeness (QED) is 0.290. The van der Waals surface area contributed by atoms with Crippen molar-refractivity contribution >= 4 is 11.6 Å². The van der Waals surface area contributed by atoms with E-state index in [0.717, 1.165) is 23.3 Å². The van der Waals surface area contributed by atoms with Crippen molar-refractivity contribution in [3.05, 3.63) is 107 Å². The second-order valence-corrected chi connectivity index (χ2v) is 8.63. The number of benzene rings is 3. The number of alkyl halides is 3. The number of anilines is 1. The molecule has 4 rings (SSSR count). The first-order valence-corrected chi connectivity index (χ1v) is 11.4. The fourth-order valence-electron chi connectivity index (χ4n) is 4.02. The van der Waals surface area contributed by atoms with Crippen LogP contribution in [0.1, 0.15) is 32.6 Å². The first kappa shape index (κ1) is 25.2. The van der Waals surface area contributed by atoms with Crippen molar-refractivity contribution in [3.63, 3.8) is 0 Å². The van der Waals surface area contributed by atoms with Crippen molar-refractivity contribution in [2.24, 2.45) is 0 Å². The van der Waals surface area contributed by atoms with Gasteiger partial charge in [-0.25, -0.2) is 4.68 Å². The van der Waals surface area contributed by atoms with Gasteiger partial charge >= 0.3 is 6.18 Å². The van der Waals surface area contributed by atoms with Crippen molar-refractivity contribution in [1.82, 2.24) is 9.78 Å². The molecule has 0 fully saturated rings. The van der Waals surface area contributed by atoms with E-state index in [0.29, 0.717) is 29.1 Å². The van der Waals surface area contributed by atoms with Crippen LogP contribution >= 0.6 is 0 Å². The summed E-state index contributed by atoms with van der Waals surface area (Å²) < 4.78 is 47.4. The minimum Gasteiger partial charge on any atom is -0.355 e. The van der Waals surface area contributed by atoms with Crippen molar-refractivity contribution < 1.29 is 22.7 Å². The standard InChI is InChI=1S/C28H26F3N3O2/c1-19-13-22(15-23(14-19)28(29,30)31)27(35)33(3)25-12-8-7-11-24(25)26-20(2)16-34(32-26)18-36-17-21-9-5-4-6-10-21/h4-16H,17-18H2,1-3H3. The summed E-state index contributed by atoms with van der Waals surface area (Å²) >= 11 is 0. The Morgan fingerprint density at radius 3 is 2.42 bits per heavy atom. The molecule has 1 amide bonds. The summed E-state index contributed by atoms with van der Waals surface area (Å²) in [5, 5.41) is 4.65. The minimum atomic E-state index is -4.54. The monoisotopic (exact) mass is 493 g/mol. The van der Waals surface area contributed by atoms with Gasteiger partial charge in [-0.2, -0.15) is 18.3 Å². The fourth-order valence-corrected chi connectivity index (χ4v) is 4.02. The molecule has 0 bridgehead atoms. The highest BCUT2D eigenvalue weighted by Gasteiger charge is 2.32. The molecule has 1 heterocycles. The molecule has 0 spiro atoms. The van der Waals surface area contributed by atoms with E-state index in [2.05, 4.69) is 5.10 Å². The number of aromatic nitrogens is 2. The maximum absolute atomic E-state index is 13.3. The van der Waals surface area contributed by atoms with E-state index in [1.807, 2.05) is 55.6 Å². The zero-order valence-corrected chi connectivity index (χ0v) is 20.2. The van der Waals surface area contributed by atoms with E-state index >= 15 is 0 Å². The summed E-state index contributed by atoms with van der Waals surface area (Å²) in [6, 6.07) is 20.4. The van der Waals surface area contributed by atoms with Gasteiger partial charge in [0.2, 0.25) is 0 Å². The Kier molecular flexibility index (Phi) is 7.26. The molecular formula is C28H26F3N3O2. The molecule has 36 heavy (non-hydrogen) atoms. The number of nitrogens with zero attached hydrogens (tertiary/aromatic N) is 3. The predicted molar refractivity (Wildman–Crippen MR) is 133 cm³/mol. The molecule has 186 valence electrons. The highest BCUT2D eigenvalue weighted by molar-refractivity contribution is 6.07. The predicted octanol–water partition coefficient (Wildman–Crippen LogP) is 6.64. The van der Waals surface area contributed by atoms with Crippen LogP contribution in [0.25, 0.3) is 11.3 Å². The van der Waals surface area contributed by atoms with Gasteiger partial charge in [0.25, 0.3) is 5.91 Å². The zero-order valence-electron chi connectivity index (χ0n) is 20.2. The molecule has 0 aliphatic heterocycles. The molecule has 0 saturated carbocycles. The van der Waals surface area contributed by atoms with Crippen molar-refractivity contribution in [3.8, 4) is 11.3 Å². The lowest BCUT2D eigenvalue weighted by atomic mass is 10.0. The summed E-state index contributed by atoms with van der Waals surface area (Å²) in [6.07, 6.45) is -2.68. The van der Waals surface area contributed by atoms with Crippen LogP contribution in [0.15, 0.2) is 79.0 Å². The van der Waals surface area contributed by atoms with E-state index in [1.54, 1.807) is 23.9 Å². The molecule has 4 aromatic rings. The van der Waals surface area contributed by atoms with Gasteiger partial charge < -0.3 is 9.64 Å². The second-order valence-electron chi connectivity index (χ2n) is 8.63. The van der Waals surface area contributed by atoms with Gasteiger partial charge in [0.1, 0.15) is 6.73 Å². The van der Waals surface area contributed by atoms with Crippen molar-refractivity contribution in [2.75, 3.05) is 11.9 Å². The molecule has 0 atom stereocenters. The van der Waals surface area contributed by atoms with E-state index < -0.39 is 17.6 Å². The van der Waals surface area contributed by atoms with Crippen LogP contribution in [-0.2, 0) is 24.3 Å². The SMILES string of the molecule is Cc1cc(C(=O)N(C)c2ccccc2-c2nn(COCc3ccccc3)cc2C)cc(C(F)(F)F)c1. The first-order valence-electron chi connectivity index (χ1n) is 11.4. The van der Waals surface area contributed by atoms with E-state index in [9.17, 15) is 18.0 Å². The molecule has 0 aliphatic rings. The molecule has 8 heteroatoms. The molecule has 5 nitrogen and oxygen atoms in total. The number of carbonyl (C=O) groups is 1. The number of para-hydroxylation sites is 1. The molecule has 0 unspecified atom stereocenters. The Morgan fingerprint density at radius 1 is 1.00 bits per heavy atom. The number of hydrogen-bond acceptors (Lipinski definition) is 3. The summed E-state index contributed by atoms with van der Waals surface area (Å²) in [7, 11) is 1.55. The van der Waals surface area contributed by atoms with Crippen LogP contribution in [0.4, 0.5) is 18.9 Å². The molecule has 1 aromatic heterocycles. The van der Waals surface area contributed by atoms with Crippen molar-refractivity contribution in [2.45, 2.75) is 33.4 Å². The van der Waals surface area contributed by atoms with Crippen LogP contribution < -0.4 is 4.90 Å². The fraction of sp³-hybridized carbons (Fsp3) is 0.214. The van der Waals surface area contributed by atoms with Gasteiger partial charge in [-0.15, -0.1) is 0 Å². The molecule has 3 aromatic carbocycles. The Balaban J connectivity index is 1.58. The van der Waals surface area contributed by atoms with Gasteiger partial charge in [0, 0.05) is 24.4 Å². The van der Waals surface area contributed by atoms with Crippen LogP contribution in [0.3, 0.4) is 0 Å². The largest absolute Gasteiger partial charge is 0.416 e. The van der Waals surface area contributed by atoms with Crippen LogP contribution in [0, 0.1) is 13.8 Å². The highest BCUT2D eigenvalue weighted by atomic mass is 19.4. The molecule has 0 N–H and O–H groups in total. The average Bonchev–Trinajstić information content (AvgIpc) is 3.23. The minimum absolute atomic E-state index is 0.0313. The number of rotatable bonds is 7. The number of carbonyl (C=O) groups excluding carboxylic acids is 1. The number of halogens is 3. The highest BCUT2D eigenvalue weighted by Crippen LogP contribution is 2.34. The first-order chi connectivity index (χ1) is 17.1. The Bertz CT molecular complexity index is 1360. The zero-order chi connectivity index (χ0) is 25.9. The lowest BCUT2D eigenvalue weighted by Gasteiger charge is -2.21. The number of hydrogen-bond donors (Lipinski definition) is 0. The third-order valence-electron chi connectivity index (χ3n) is 5.76. The molecule has 0 aliphatic carbocycles. The average molecular weight is 494 g/mol. The smallest absolute Gasteiger partial charge is 0.355 e. The second kappa shape index (κ2) is 10.4. The molecule has 0 radical (unpaired) electrons. The van der Waals surface area contributed by atoms with E-state index in [4.69, 9.17) is 4.74 Å². The van der Waals surface area contributed by atoms with Crippen LogP contribution in [0.2, 0.25) is 0 Å². The third kappa shape index (κ3) is 5.66. The number of amides is 1. The maximum atomic E-state index is 13.3. The number of aryl methyl sites for hydroxylation is 2. The number of ether oxygens (including phenoxy) is 1. The summed E-state index contributed by atoms with van der Waals surface area (Å²) in [5.74, 6) is -0.542. The summed E-state index contributed by atoms with van der Waals surface area (Å²) in [5.41, 5.74) is 3.30. The van der Waals surface area contributed by atoms with Gasteiger partial charge in [0.05, 0.1) is 23.6 Å². The van der Waals surface area contributed by atoms with Gasteiger partial charge in [-0.3, -0.25) is 4.79 Å². The van der Waals surface area contributed by atoms with Crippen LogP contribution in [-0.4, -0.2) is 22.7 Å². The van der Waals surface area contributed by atoms with E-state index in [-0.39, 0.29) is 12.3 Å². The van der Waals surface area contributed by atoms with Crippen LogP contribution in [0.5, 0.6) is 0 Å². The lowest BCUT2D eigenvalue weighted by Crippen LogP contribution is -2.27. The normalized spacial score (nSPS) is 11.5. The molecule has 0 saturated heterocycles. The summed E-state index contributed by atoms with van der Waals surface area (Å²) in [4.78, 5) is 14.6. The van der Waals surface area contributed by atoms with Gasteiger partial charge in [-0.1, -0.05) is 48.5 Å². The Labute approximate surface area is 207 Å². The topological polar surface area (TPSA) is 47.4 Å².